The second-order valence-electron chi connectivity index (χ2n) is 5.45. The van der Waals surface area contributed by atoms with Crippen molar-refractivity contribution in [2.24, 2.45) is 0 Å². The van der Waals surface area contributed by atoms with E-state index < -0.39 is 16.1 Å². The van der Waals surface area contributed by atoms with Crippen LogP contribution in [-0.4, -0.2) is 49.7 Å². The van der Waals surface area contributed by atoms with Gasteiger partial charge in [0.05, 0.1) is 11.9 Å². The van der Waals surface area contributed by atoms with Gasteiger partial charge in [0.25, 0.3) is 5.91 Å². The van der Waals surface area contributed by atoms with Gasteiger partial charge >= 0.3 is 0 Å². The molecule has 1 unspecified atom stereocenters. The van der Waals surface area contributed by atoms with Gasteiger partial charge in [0.2, 0.25) is 15.2 Å². The number of aromatic nitrogens is 2. The van der Waals surface area contributed by atoms with Crippen LogP contribution in [0.15, 0.2) is 41.3 Å². The molecule has 0 spiro atoms. The highest BCUT2D eigenvalue weighted by Gasteiger charge is 2.18. The van der Waals surface area contributed by atoms with Crippen molar-refractivity contribution >= 4 is 49.8 Å². The quantitative estimate of drug-likeness (QED) is 0.372. The van der Waals surface area contributed by atoms with E-state index in [1.807, 2.05) is 0 Å². The highest BCUT2D eigenvalue weighted by Crippen LogP contribution is 2.26. The van der Waals surface area contributed by atoms with E-state index in [1.165, 1.54) is 30.1 Å². The molecule has 27 heavy (non-hydrogen) atoms. The lowest BCUT2D eigenvalue weighted by atomic mass is 10.3. The average Bonchev–Trinajstić information content (AvgIpc) is 3.06. The zero-order valence-corrected chi connectivity index (χ0v) is 17.5. The number of sulfonamides is 1. The third kappa shape index (κ3) is 6.22. The number of ether oxygens (including phenoxy) is 1. The summed E-state index contributed by atoms with van der Waals surface area (Å²) in [6.45, 7) is 5.25. The van der Waals surface area contributed by atoms with E-state index in [9.17, 15) is 13.2 Å². The van der Waals surface area contributed by atoms with Crippen LogP contribution >= 0.6 is 23.1 Å². The summed E-state index contributed by atoms with van der Waals surface area (Å²) in [5.74, 6) is 0.804. The molecule has 0 saturated carbocycles. The number of nitrogens with one attached hydrogen (secondary N) is 1. The predicted octanol–water partition coefficient (Wildman–Crippen LogP) is 2.62. The summed E-state index contributed by atoms with van der Waals surface area (Å²) < 4.78 is 30.6. The fraction of sp³-hybridized carbons (Fsp3) is 0.312. The van der Waals surface area contributed by atoms with Crippen LogP contribution in [0.1, 0.15) is 6.92 Å². The summed E-state index contributed by atoms with van der Waals surface area (Å²) >= 11 is 2.76. The Hall–Kier alpha value is -2.11. The average molecular weight is 429 g/mol. The number of benzene rings is 1. The summed E-state index contributed by atoms with van der Waals surface area (Å²) in [6, 6.07) is 6.43. The van der Waals surface area contributed by atoms with Crippen LogP contribution in [-0.2, 0) is 14.8 Å². The largest absolute Gasteiger partial charge is 0.481 e. The fourth-order valence-electron chi connectivity index (χ4n) is 1.84. The second-order valence-corrected chi connectivity index (χ2v) is 9.70. The van der Waals surface area contributed by atoms with Gasteiger partial charge in [0, 0.05) is 12.8 Å². The van der Waals surface area contributed by atoms with Gasteiger partial charge in [0.15, 0.2) is 10.4 Å². The van der Waals surface area contributed by atoms with E-state index in [-0.39, 0.29) is 5.91 Å². The lowest BCUT2D eigenvalue weighted by Gasteiger charge is -2.18. The van der Waals surface area contributed by atoms with Crippen LogP contribution in [0, 0.1) is 0 Å². The smallest absolute Gasteiger partial charge is 0.266 e. The number of anilines is 2. The van der Waals surface area contributed by atoms with Crippen molar-refractivity contribution in [1.82, 2.24) is 10.2 Å². The second kappa shape index (κ2) is 9.20. The molecule has 0 fully saturated rings. The number of nitrogens with zero attached hydrogens (tertiary/aromatic N) is 3. The van der Waals surface area contributed by atoms with E-state index in [1.54, 1.807) is 37.3 Å². The molecule has 2 aromatic rings. The Morgan fingerprint density at radius 2 is 2.07 bits per heavy atom. The standard InChI is InChI=1S/C16H20N4O4S3/c1-5-10-25-16-19-18-15(26-16)17-14(21)11(2)24-13-8-6-12(7-9-13)20(3)27(4,22)23/h5-9,11H,1,10H2,2-4H3,(H,17,18,21). The number of amides is 1. The Bertz CT molecular complexity index is 897. The van der Waals surface area contributed by atoms with Crippen molar-refractivity contribution in [2.75, 3.05) is 28.7 Å². The minimum absolute atomic E-state index is 0.358. The fourth-order valence-corrected chi connectivity index (χ4v) is 3.86. The molecule has 1 aromatic carbocycles. The molecule has 0 radical (unpaired) electrons. The molecule has 1 atom stereocenters. The molecule has 146 valence electrons. The normalized spacial score (nSPS) is 12.3. The molecule has 0 saturated heterocycles. The van der Waals surface area contributed by atoms with Crippen LogP contribution in [0.4, 0.5) is 10.8 Å². The number of hydrogen-bond acceptors (Lipinski definition) is 8. The first-order chi connectivity index (χ1) is 12.7. The van der Waals surface area contributed by atoms with Gasteiger partial charge in [-0.1, -0.05) is 29.2 Å². The van der Waals surface area contributed by atoms with Crippen molar-refractivity contribution in [1.29, 1.82) is 0 Å². The number of carbonyl (C=O) groups excluding carboxylic acids is 1. The summed E-state index contributed by atoms with van der Waals surface area (Å²) in [5, 5.41) is 10.9. The van der Waals surface area contributed by atoms with Crippen molar-refractivity contribution in [3.05, 3.63) is 36.9 Å². The Kier molecular flexibility index (Phi) is 7.22. The van der Waals surface area contributed by atoms with Crippen LogP contribution < -0.4 is 14.4 Å². The minimum Gasteiger partial charge on any atom is -0.481 e. The van der Waals surface area contributed by atoms with Crippen LogP contribution in [0.3, 0.4) is 0 Å². The third-order valence-corrected chi connectivity index (χ3v) is 6.51. The third-order valence-electron chi connectivity index (χ3n) is 3.34. The number of carbonyl (C=O) groups is 1. The molecule has 1 heterocycles. The lowest BCUT2D eigenvalue weighted by Crippen LogP contribution is -2.30. The van der Waals surface area contributed by atoms with E-state index in [2.05, 4.69) is 22.1 Å². The summed E-state index contributed by atoms with van der Waals surface area (Å²) in [7, 11) is -1.87. The van der Waals surface area contributed by atoms with E-state index in [4.69, 9.17) is 4.74 Å². The Labute approximate surface area is 166 Å². The maximum absolute atomic E-state index is 12.2. The SMILES string of the molecule is C=CCSc1nnc(NC(=O)C(C)Oc2ccc(N(C)S(C)(=O)=O)cc2)s1. The highest BCUT2D eigenvalue weighted by molar-refractivity contribution is 8.01. The first-order valence-corrected chi connectivity index (χ1v) is 11.4. The van der Waals surface area contributed by atoms with Crippen molar-refractivity contribution < 1.29 is 17.9 Å². The number of hydrogen-bond donors (Lipinski definition) is 1. The highest BCUT2D eigenvalue weighted by atomic mass is 32.2. The number of thioether (sulfide) groups is 1. The molecule has 0 bridgehead atoms. The molecule has 0 aliphatic heterocycles. The van der Waals surface area contributed by atoms with Gasteiger partial charge in [-0.05, 0) is 31.2 Å². The van der Waals surface area contributed by atoms with Gasteiger partial charge in [-0.15, -0.1) is 16.8 Å². The molecular weight excluding hydrogens is 408 g/mol. The van der Waals surface area contributed by atoms with Gasteiger partial charge in [-0.2, -0.15) is 0 Å². The zero-order valence-electron chi connectivity index (χ0n) is 15.1. The molecule has 0 aliphatic carbocycles. The first-order valence-electron chi connectivity index (χ1n) is 7.79. The van der Waals surface area contributed by atoms with Crippen LogP contribution in [0.25, 0.3) is 0 Å². The maximum Gasteiger partial charge on any atom is 0.266 e. The zero-order chi connectivity index (χ0) is 20.0. The van der Waals surface area contributed by atoms with Crippen molar-refractivity contribution in [3.63, 3.8) is 0 Å². The summed E-state index contributed by atoms with van der Waals surface area (Å²) in [5.41, 5.74) is 0.500. The van der Waals surface area contributed by atoms with Gasteiger partial charge in [-0.3, -0.25) is 14.4 Å². The predicted molar refractivity (Wildman–Crippen MR) is 109 cm³/mol. The van der Waals surface area contributed by atoms with Gasteiger partial charge in [0.1, 0.15) is 5.75 Å². The Balaban J connectivity index is 1.94. The van der Waals surface area contributed by atoms with E-state index in [0.717, 1.165) is 14.9 Å². The van der Waals surface area contributed by atoms with Crippen molar-refractivity contribution in [2.45, 2.75) is 17.4 Å². The Morgan fingerprint density at radius 3 is 2.67 bits per heavy atom. The van der Waals surface area contributed by atoms with Crippen LogP contribution in [0.2, 0.25) is 0 Å². The summed E-state index contributed by atoms with van der Waals surface area (Å²) in [4.78, 5) is 12.2. The molecular formula is C16H20N4O4S3. The van der Waals surface area contributed by atoms with E-state index in [0.29, 0.717) is 22.3 Å². The van der Waals surface area contributed by atoms with Gasteiger partial charge in [-0.25, -0.2) is 8.42 Å². The summed E-state index contributed by atoms with van der Waals surface area (Å²) in [6.07, 6.45) is 2.12. The number of rotatable bonds is 9. The molecule has 1 aromatic heterocycles. The Morgan fingerprint density at radius 1 is 1.41 bits per heavy atom. The maximum atomic E-state index is 12.2. The molecule has 1 N–H and O–H groups in total. The molecule has 1 amide bonds. The minimum atomic E-state index is -3.33. The molecule has 8 nitrogen and oxygen atoms in total. The first kappa shape index (κ1) is 21.2. The van der Waals surface area contributed by atoms with Crippen LogP contribution in [0.5, 0.6) is 5.75 Å². The lowest BCUT2D eigenvalue weighted by molar-refractivity contribution is -0.122. The molecule has 0 aliphatic rings. The van der Waals surface area contributed by atoms with E-state index >= 15 is 0 Å². The topological polar surface area (TPSA) is 101 Å². The molecule has 11 heteroatoms. The monoisotopic (exact) mass is 428 g/mol. The van der Waals surface area contributed by atoms with Gasteiger partial charge < -0.3 is 4.74 Å². The van der Waals surface area contributed by atoms with Crippen molar-refractivity contribution in [3.8, 4) is 5.75 Å². The molecule has 2 rings (SSSR count).